The van der Waals surface area contributed by atoms with Gasteiger partial charge in [0.25, 0.3) is 0 Å². The van der Waals surface area contributed by atoms with Crippen molar-refractivity contribution in [1.82, 2.24) is 19.6 Å². The summed E-state index contributed by atoms with van der Waals surface area (Å²) in [6, 6.07) is 1.78. The van der Waals surface area contributed by atoms with Crippen molar-refractivity contribution >= 4 is 11.6 Å². The number of fused-ring (bicyclic) bond motifs is 1. The molecule has 1 saturated carbocycles. The smallest absolute Gasteiger partial charge is 0.307 e. The maximum absolute atomic E-state index is 11.4. The maximum Gasteiger partial charge on any atom is 0.307 e. The Morgan fingerprint density at radius 3 is 3.05 bits per heavy atom. The first-order valence-electron chi connectivity index (χ1n) is 6.58. The summed E-state index contributed by atoms with van der Waals surface area (Å²) >= 11 is 0. The Morgan fingerprint density at radius 2 is 2.32 bits per heavy atom. The van der Waals surface area contributed by atoms with Crippen molar-refractivity contribution in [3.05, 3.63) is 24.4 Å². The minimum atomic E-state index is -0.735. The number of aliphatic carboxylic acids is 1. The van der Waals surface area contributed by atoms with Crippen LogP contribution in [-0.2, 0) is 4.79 Å². The normalized spacial score (nSPS) is 26.9. The molecular formula is C13H16N4O2. The van der Waals surface area contributed by atoms with E-state index >= 15 is 0 Å². The summed E-state index contributed by atoms with van der Waals surface area (Å²) < 4.78 is 1.80. The van der Waals surface area contributed by atoms with Crippen molar-refractivity contribution in [2.24, 2.45) is 11.8 Å². The van der Waals surface area contributed by atoms with Crippen LogP contribution in [0.2, 0.25) is 0 Å². The number of hydrogen-bond acceptors (Lipinski definition) is 4. The molecule has 1 aliphatic carbocycles. The van der Waals surface area contributed by atoms with Crippen LogP contribution in [0, 0.1) is 11.8 Å². The van der Waals surface area contributed by atoms with Gasteiger partial charge in [-0.3, -0.25) is 9.20 Å². The quantitative estimate of drug-likeness (QED) is 0.909. The third-order valence-corrected chi connectivity index (χ3v) is 4.13. The van der Waals surface area contributed by atoms with Crippen LogP contribution in [-0.4, -0.2) is 30.7 Å². The van der Waals surface area contributed by atoms with Crippen LogP contribution >= 0.6 is 0 Å². The zero-order chi connectivity index (χ0) is 13.4. The molecule has 0 amide bonds. The molecule has 2 aromatic heterocycles. The van der Waals surface area contributed by atoms with Crippen LogP contribution in [0.3, 0.4) is 0 Å². The minimum Gasteiger partial charge on any atom is -0.481 e. The number of aromatic nitrogens is 4. The van der Waals surface area contributed by atoms with Crippen LogP contribution in [0.25, 0.3) is 5.65 Å². The summed E-state index contributed by atoms with van der Waals surface area (Å²) in [6.07, 6.45) is 5.92. The summed E-state index contributed by atoms with van der Waals surface area (Å²) in [7, 11) is 0. The van der Waals surface area contributed by atoms with Crippen molar-refractivity contribution in [3.8, 4) is 0 Å². The van der Waals surface area contributed by atoms with Crippen LogP contribution in [0.1, 0.15) is 37.9 Å². The van der Waals surface area contributed by atoms with Crippen molar-refractivity contribution in [3.63, 3.8) is 0 Å². The van der Waals surface area contributed by atoms with Gasteiger partial charge in [0.05, 0.1) is 5.92 Å². The van der Waals surface area contributed by atoms with E-state index in [-0.39, 0.29) is 11.8 Å². The van der Waals surface area contributed by atoms with Crippen LogP contribution in [0.4, 0.5) is 0 Å². The second-order valence-corrected chi connectivity index (χ2v) is 5.16. The summed E-state index contributed by atoms with van der Waals surface area (Å²) in [4.78, 5) is 15.5. The molecule has 1 fully saturated rings. The Bertz CT molecular complexity index is 609. The Balaban J connectivity index is 2.02. The van der Waals surface area contributed by atoms with Gasteiger partial charge in [-0.25, -0.2) is 4.98 Å². The fourth-order valence-electron chi connectivity index (χ4n) is 3.05. The minimum absolute atomic E-state index is 0.0679. The number of hydrogen-bond donors (Lipinski definition) is 1. The third kappa shape index (κ3) is 1.97. The molecule has 3 atom stereocenters. The van der Waals surface area contributed by atoms with Gasteiger partial charge < -0.3 is 5.11 Å². The molecule has 0 saturated heterocycles. The molecule has 6 nitrogen and oxygen atoms in total. The summed E-state index contributed by atoms with van der Waals surface area (Å²) in [5.41, 5.74) is 0.717. The number of rotatable bonds is 3. The Morgan fingerprint density at radius 1 is 1.47 bits per heavy atom. The summed E-state index contributed by atoms with van der Waals surface area (Å²) in [5, 5.41) is 17.7. The lowest BCUT2D eigenvalue weighted by atomic mass is 9.95. The molecule has 19 heavy (non-hydrogen) atoms. The molecule has 0 aromatic carbocycles. The van der Waals surface area contributed by atoms with E-state index in [0.717, 1.165) is 25.1 Å². The van der Waals surface area contributed by atoms with Gasteiger partial charge in [-0.15, -0.1) is 10.2 Å². The highest BCUT2D eigenvalue weighted by atomic mass is 16.4. The molecule has 1 aliphatic rings. The average molecular weight is 260 g/mol. The molecule has 0 bridgehead atoms. The lowest BCUT2D eigenvalue weighted by Gasteiger charge is -2.13. The fraction of sp³-hybridized carbons (Fsp3) is 0.538. The van der Waals surface area contributed by atoms with Gasteiger partial charge in [0, 0.05) is 18.2 Å². The average Bonchev–Trinajstić information content (AvgIpc) is 3.02. The van der Waals surface area contributed by atoms with E-state index in [9.17, 15) is 9.90 Å². The maximum atomic E-state index is 11.4. The summed E-state index contributed by atoms with van der Waals surface area (Å²) in [6.45, 7) is 2.11. The van der Waals surface area contributed by atoms with E-state index in [1.807, 2.05) is 0 Å². The highest BCUT2D eigenvalue weighted by Gasteiger charge is 2.41. The molecular weight excluding hydrogens is 244 g/mol. The van der Waals surface area contributed by atoms with E-state index in [0.29, 0.717) is 11.6 Å². The largest absolute Gasteiger partial charge is 0.481 e. The van der Waals surface area contributed by atoms with Gasteiger partial charge in [0.1, 0.15) is 12.2 Å². The number of carboxylic acids is 1. The van der Waals surface area contributed by atoms with Gasteiger partial charge in [0.2, 0.25) is 0 Å². The highest BCUT2D eigenvalue weighted by molar-refractivity contribution is 5.71. The molecule has 0 aliphatic heterocycles. The predicted molar refractivity (Wildman–Crippen MR) is 67.7 cm³/mol. The lowest BCUT2D eigenvalue weighted by Crippen LogP contribution is -2.18. The molecule has 3 unspecified atom stereocenters. The van der Waals surface area contributed by atoms with Crippen molar-refractivity contribution < 1.29 is 9.90 Å². The summed E-state index contributed by atoms with van der Waals surface area (Å²) in [5.74, 6) is 0.0161. The van der Waals surface area contributed by atoms with E-state index < -0.39 is 5.97 Å². The van der Waals surface area contributed by atoms with Gasteiger partial charge in [-0.1, -0.05) is 13.3 Å². The van der Waals surface area contributed by atoms with Gasteiger partial charge in [0.15, 0.2) is 5.65 Å². The molecule has 2 heterocycles. The first-order valence-corrected chi connectivity index (χ1v) is 6.58. The Labute approximate surface area is 110 Å². The monoisotopic (exact) mass is 260 g/mol. The zero-order valence-electron chi connectivity index (χ0n) is 10.7. The van der Waals surface area contributed by atoms with E-state index in [1.54, 1.807) is 23.0 Å². The first-order chi connectivity index (χ1) is 9.20. The predicted octanol–water partition coefficient (Wildman–Crippen LogP) is 1.73. The molecule has 3 rings (SSSR count). The Hall–Kier alpha value is -1.98. The lowest BCUT2D eigenvalue weighted by molar-refractivity contribution is -0.142. The molecule has 0 spiro atoms. The fourth-order valence-corrected chi connectivity index (χ4v) is 3.05. The van der Waals surface area contributed by atoms with E-state index in [4.69, 9.17) is 0 Å². The second-order valence-electron chi connectivity index (χ2n) is 5.16. The van der Waals surface area contributed by atoms with Crippen LogP contribution in [0.15, 0.2) is 18.6 Å². The van der Waals surface area contributed by atoms with Gasteiger partial charge >= 0.3 is 5.97 Å². The van der Waals surface area contributed by atoms with Gasteiger partial charge in [-0.05, 0) is 18.8 Å². The van der Waals surface area contributed by atoms with Crippen molar-refractivity contribution in [2.45, 2.75) is 32.1 Å². The third-order valence-electron chi connectivity index (χ3n) is 4.13. The standard InChI is InChI=1S/C13H16N4O2/c1-2-8-5-9(10(6-8)13(18)19)12-16-15-11-3-4-14-7-17(11)12/h3-4,7-10H,2,5-6H2,1H3,(H,18,19). The highest BCUT2D eigenvalue weighted by Crippen LogP contribution is 2.43. The van der Waals surface area contributed by atoms with Crippen molar-refractivity contribution in [2.75, 3.05) is 0 Å². The number of nitrogens with zero attached hydrogens (tertiary/aromatic N) is 4. The zero-order valence-corrected chi connectivity index (χ0v) is 10.7. The molecule has 6 heteroatoms. The molecule has 1 N–H and O–H groups in total. The molecule has 100 valence electrons. The SMILES string of the molecule is CCC1CC(C(=O)O)C(c2nnc3ccncn23)C1. The first kappa shape index (κ1) is 12.1. The van der Waals surface area contributed by atoms with E-state index in [1.165, 1.54) is 0 Å². The second kappa shape index (κ2) is 4.60. The number of carboxylic acid groups (broad SMARTS) is 1. The molecule has 0 radical (unpaired) electrons. The van der Waals surface area contributed by atoms with Crippen LogP contribution < -0.4 is 0 Å². The number of carbonyl (C=O) groups is 1. The topological polar surface area (TPSA) is 80.4 Å². The molecule has 2 aromatic rings. The van der Waals surface area contributed by atoms with E-state index in [2.05, 4.69) is 22.1 Å². The van der Waals surface area contributed by atoms with Crippen molar-refractivity contribution in [1.29, 1.82) is 0 Å². The van der Waals surface area contributed by atoms with Crippen LogP contribution in [0.5, 0.6) is 0 Å². The van der Waals surface area contributed by atoms with Gasteiger partial charge in [-0.2, -0.15) is 0 Å². The Kier molecular flexibility index (Phi) is 2.93.